The number of ether oxygens (including phenoxy) is 1. The van der Waals surface area contributed by atoms with Crippen molar-refractivity contribution in [2.24, 2.45) is 0 Å². The van der Waals surface area contributed by atoms with Gasteiger partial charge in [-0.2, -0.15) is 0 Å². The first kappa shape index (κ1) is 20.4. The number of amides is 1. The number of nitrogens with one attached hydrogen (secondary N) is 2. The van der Waals surface area contributed by atoms with Gasteiger partial charge in [-0.1, -0.05) is 0 Å². The average molecular weight is 360 g/mol. The van der Waals surface area contributed by atoms with Crippen molar-refractivity contribution in [2.45, 2.75) is 57.6 Å². The van der Waals surface area contributed by atoms with Gasteiger partial charge in [0.25, 0.3) is 0 Å². The van der Waals surface area contributed by atoms with Gasteiger partial charge in [0.15, 0.2) is 0 Å². The van der Waals surface area contributed by atoms with Crippen LogP contribution in [0.4, 0.5) is 9.18 Å². The first-order valence-electron chi connectivity index (χ1n) is 7.49. The molecule has 1 rings (SSSR count). The summed E-state index contributed by atoms with van der Waals surface area (Å²) in [4.78, 5) is 11.8. The highest BCUT2D eigenvalue weighted by molar-refractivity contribution is 7.89. The summed E-state index contributed by atoms with van der Waals surface area (Å²) in [6, 6.07) is 3.45. The van der Waals surface area contributed by atoms with Gasteiger partial charge < -0.3 is 10.1 Å². The molecule has 0 saturated carbocycles. The molecule has 0 saturated heterocycles. The van der Waals surface area contributed by atoms with Crippen molar-refractivity contribution in [2.75, 3.05) is 6.54 Å². The molecular weight excluding hydrogens is 335 g/mol. The molecule has 2 N–H and O–H groups in total. The topological polar surface area (TPSA) is 84.5 Å². The van der Waals surface area contributed by atoms with Gasteiger partial charge in [-0.15, -0.1) is 0 Å². The molecule has 0 fully saturated rings. The number of sulfonamides is 1. The summed E-state index contributed by atoms with van der Waals surface area (Å²) in [7, 11) is -3.82. The van der Waals surface area contributed by atoms with Gasteiger partial charge in [0.1, 0.15) is 11.4 Å². The van der Waals surface area contributed by atoms with E-state index < -0.39 is 33.1 Å². The minimum atomic E-state index is -3.82. The van der Waals surface area contributed by atoms with Gasteiger partial charge in [0, 0.05) is 6.54 Å². The molecule has 0 aliphatic rings. The molecule has 0 aliphatic heterocycles. The highest BCUT2D eigenvalue weighted by Gasteiger charge is 2.27. The number of hydrogen-bond donors (Lipinski definition) is 2. The van der Waals surface area contributed by atoms with Crippen LogP contribution >= 0.6 is 0 Å². The lowest BCUT2D eigenvalue weighted by Crippen LogP contribution is -2.52. The fourth-order valence-corrected chi connectivity index (χ4v) is 3.33. The molecule has 0 spiro atoms. The van der Waals surface area contributed by atoms with Crippen molar-refractivity contribution in [1.82, 2.24) is 10.0 Å². The Kier molecular flexibility index (Phi) is 6.00. The molecule has 1 amide bonds. The number of carbonyl (C=O) groups is 1. The molecule has 0 bridgehead atoms. The fourth-order valence-electron chi connectivity index (χ4n) is 1.89. The van der Waals surface area contributed by atoms with E-state index in [2.05, 4.69) is 10.0 Å². The van der Waals surface area contributed by atoms with E-state index in [1.165, 1.54) is 13.0 Å². The van der Waals surface area contributed by atoms with Crippen LogP contribution in [0.3, 0.4) is 0 Å². The van der Waals surface area contributed by atoms with Crippen molar-refractivity contribution >= 4 is 16.1 Å². The van der Waals surface area contributed by atoms with Gasteiger partial charge in [0.05, 0.1) is 10.4 Å². The van der Waals surface area contributed by atoms with Crippen LogP contribution in [-0.4, -0.2) is 32.2 Å². The maximum atomic E-state index is 13.1. The normalized spacial score (nSPS) is 12.8. The largest absolute Gasteiger partial charge is 0.444 e. The molecule has 0 atom stereocenters. The predicted molar refractivity (Wildman–Crippen MR) is 89.8 cm³/mol. The second-order valence-corrected chi connectivity index (χ2v) is 8.98. The highest BCUT2D eigenvalue weighted by Crippen LogP contribution is 2.16. The summed E-state index contributed by atoms with van der Waals surface area (Å²) < 4.78 is 45.4. The summed E-state index contributed by atoms with van der Waals surface area (Å²) >= 11 is 0. The van der Waals surface area contributed by atoms with E-state index in [0.29, 0.717) is 5.56 Å². The van der Waals surface area contributed by atoms with Crippen molar-refractivity contribution in [3.63, 3.8) is 0 Å². The van der Waals surface area contributed by atoms with Gasteiger partial charge in [0.2, 0.25) is 10.0 Å². The minimum Gasteiger partial charge on any atom is -0.444 e. The SMILES string of the molecule is Cc1cc(F)ccc1S(=O)(=O)NCC(C)(C)NC(=O)OC(C)(C)C. The third-order valence-electron chi connectivity index (χ3n) is 2.97. The van der Waals surface area contributed by atoms with E-state index in [4.69, 9.17) is 4.74 Å². The van der Waals surface area contributed by atoms with E-state index in [1.807, 2.05) is 0 Å². The first-order chi connectivity index (χ1) is 10.7. The van der Waals surface area contributed by atoms with E-state index in [0.717, 1.165) is 12.1 Å². The Labute approximate surface area is 142 Å². The van der Waals surface area contributed by atoms with Gasteiger partial charge in [-0.3, -0.25) is 0 Å². The van der Waals surface area contributed by atoms with E-state index >= 15 is 0 Å². The third-order valence-corrected chi connectivity index (χ3v) is 4.53. The summed E-state index contributed by atoms with van der Waals surface area (Å²) in [6.45, 7) is 10.00. The second-order valence-electron chi connectivity index (χ2n) is 7.25. The first-order valence-corrected chi connectivity index (χ1v) is 8.97. The van der Waals surface area contributed by atoms with Gasteiger partial charge in [-0.05, 0) is 65.3 Å². The average Bonchev–Trinajstić information content (AvgIpc) is 2.33. The molecule has 8 heteroatoms. The van der Waals surface area contributed by atoms with Gasteiger partial charge >= 0.3 is 6.09 Å². The predicted octanol–water partition coefficient (Wildman–Crippen LogP) is 2.72. The van der Waals surface area contributed by atoms with Crippen molar-refractivity contribution in [1.29, 1.82) is 0 Å². The molecule has 0 aliphatic carbocycles. The summed E-state index contributed by atoms with van der Waals surface area (Å²) in [5.74, 6) is -0.502. The lowest BCUT2D eigenvalue weighted by molar-refractivity contribution is 0.0474. The van der Waals surface area contributed by atoms with E-state index in [-0.39, 0.29) is 11.4 Å². The summed E-state index contributed by atoms with van der Waals surface area (Å²) in [6.07, 6.45) is -0.635. The molecule has 0 aromatic heterocycles. The molecular formula is C16H25FN2O4S. The van der Waals surface area contributed by atoms with Crippen LogP contribution in [-0.2, 0) is 14.8 Å². The third kappa shape index (κ3) is 6.45. The molecule has 24 heavy (non-hydrogen) atoms. The number of halogens is 1. The lowest BCUT2D eigenvalue weighted by Gasteiger charge is -2.28. The highest BCUT2D eigenvalue weighted by atomic mass is 32.2. The summed E-state index contributed by atoms with van der Waals surface area (Å²) in [5, 5.41) is 2.61. The number of rotatable bonds is 5. The lowest BCUT2D eigenvalue weighted by atomic mass is 10.1. The number of carbonyl (C=O) groups excluding carboxylic acids is 1. The molecule has 6 nitrogen and oxygen atoms in total. The Morgan fingerprint density at radius 1 is 1.21 bits per heavy atom. The number of benzene rings is 1. The summed E-state index contributed by atoms with van der Waals surface area (Å²) in [5.41, 5.74) is -1.21. The smallest absolute Gasteiger partial charge is 0.408 e. The number of aryl methyl sites for hydroxylation is 1. The molecule has 0 unspecified atom stereocenters. The molecule has 1 aromatic rings. The Balaban J connectivity index is 2.77. The maximum Gasteiger partial charge on any atom is 0.408 e. The second kappa shape index (κ2) is 7.06. The van der Waals surface area contributed by atoms with Crippen molar-refractivity contribution in [3.05, 3.63) is 29.6 Å². The molecule has 1 aromatic carbocycles. The fraction of sp³-hybridized carbons (Fsp3) is 0.562. The standard InChI is InChI=1S/C16H25FN2O4S/c1-11-9-12(17)7-8-13(11)24(21,22)18-10-16(5,6)19-14(20)23-15(2,3)4/h7-9,18H,10H2,1-6H3,(H,19,20). The van der Waals surface area contributed by atoms with E-state index in [9.17, 15) is 17.6 Å². The van der Waals surface area contributed by atoms with Crippen LogP contribution in [0.2, 0.25) is 0 Å². The van der Waals surface area contributed by atoms with Crippen LogP contribution in [0.5, 0.6) is 0 Å². The Hall–Kier alpha value is -1.67. The van der Waals surface area contributed by atoms with E-state index in [1.54, 1.807) is 34.6 Å². The molecule has 0 heterocycles. The Morgan fingerprint density at radius 3 is 2.29 bits per heavy atom. The van der Waals surface area contributed by atoms with Crippen molar-refractivity contribution < 1.29 is 22.3 Å². The maximum absolute atomic E-state index is 13.1. The van der Waals surface area contributed by atoms with Crippen LogP contribution in [0.15, 0.2) is 23.1 Å². The van der Waals surface area contributed by atoms with Gasteiger partial charge in [-0.25, -0.2) is 22.3 Å². The quantitative estimate of drug-likeness (QED) is 0.845. The van der Waals surface area contributed by atoms with Crippen LogP contribution < -0.4 is 10.0 Å². The Morgan fingerprint density at radius 2 is 1.79 bits per heavy atom. The zero-order valence-corrected chi connectivity index (χ0v) is 15.7. The minimum absolute atomic E-state index is 0.00281. The number of alkyl carbamates (subject to hydrolysis) is 1. The monoisotopic (exact) mass is 360 g/mol. The zero-order valence-electron chi connectivity index (χ0n) is 14.9. The molecule has 136 valence electrons. The Bertz CT molecular complexity index is 709. The zero-order chi connectivity index (χ0) is 18.8. The molecule has 0 radical (unpaired) electrons. The number of hydrogen-bond acceptors (Lipinski definition) is 4. The van der Waals surface area contributed by atoms with Crippen LogP contribution in [0, 0.1) is 12.7 Å². The van der Waals surface area contributed by atoms with Crippen LogP contribution in [0.25, 0.3) is 0 Å². The van der Waals surface area contributed by atoms with Crippen LogP contribution in [0.1, 0.15) is 40.2 Å². The van der Waals surface area contributed by atoms with Crippen molar-refractivity contribution in [3.8, 4) is 0 Å².